The first-order valence-electron chi connectivity index (χ1n) is 12.4. The number of aryl methyl sites for hydroxylation is 1. The van der Waals surface area contributed by atoms with Crippen LogP contribution < -0.4 is 16.2 Å². The average molecular weight is 594 g/mol. The van der Waals surface area contributed by atoms with E-state index in [0.29, 0.717) is 23.6 Å². The van der Waals surface area contributed by atoms with Crippen molar-refractivity contribution in [2.75, 3.05) is 10.4 Å². The molecule has 0 saturated heterocycles. The van der Waals surface area contributed by atoms with Gasteiger partial charge in [-0.15, -0.1) is 0 Å². The molecule has 1 amide bonds. The van der Waals surface area contributed by atoms with Crippen LogP contribution in [-0.4, -0.2) is 20.6 Å². The van der Waals surface area contributed by atoms with E-state index in [9.17, 15) is 35.5 Å². The van der Waals surface area contributed by atoms with Crippen molar-refractivity contribution in [3.63, 3.8) is 0 Å². The second-order valence-corrected chi connectivity index (χ2v) is 9.38. The van der Waals surface area contributed by atoms with Gasteiger partial charge in [0.25, 0.3) is 0 Å². The van der Waals surface area contributed by atoms with E-state index in [1.165, 1.54) is 23.5 Å². The molecule has 5 rings (SSSR count). The van der Waals surface area contributed by atoms with Crippen molar-refractivity contribution in [1.82, 2.24) is 14.7 Å². The van der Waals surface area contributed by atoms with E-state index in [1.54, 1.807) is 35.0 Å². The molecule has 1 atom stereocenters. The van der Waals surface area contributed by atoms with Gasteiger partial charge in [0, 0.05) is 24.3 Å². The van der Waals surface area contributed by atoms with Gasteiger partial charge < -0.3 is 14.8 Å². The standard InChI is InChI=1S/C27H21F7N6O2/c28-19-5-1-2-6-21(19)40-11-10-23-25(37-40)36-14-39(23)22(24(35)41)7-3-4-16-13-20(38-42-16)17-9-8-15(26(29,30)31)12-18(17)27(32,33)34/h1-2,5-6,8-14,22,37H,3-4,7H2,(H2,35,41). The summed E-state index contributed by atoms with van der Waals surface area (Å²) in [4.78, 5) is 16.6. The van der Waals surface area contributed by atoms with Crippen LogP contribution in [0.2, 0.25) is 0 Å². The molecule has 0 aliphatic carbocycles. The van der Waals surface area contributed by atoms with Crippen molar-refractivity contribution in [2.24, 2.45) is 5.73 Å². The van der Waals surface area contributed by atoms with E-state index < -0.39 is 46.8 Å². The number of hydrogen-bond donors (Lipinski definition) is 2. The van der Waals surface area contributed by atoms with Crippen LogP contribution in [0.4, 0.5) is 42.2 Å². The highest BCUT2D eigenvalue weighted by Crippen LogP contribution is 2.41. The molecule has 2 aromatic heterocycles. The molecule has 3 heterocycles. The summed E-state index contributed by atoms with van der Waals surface area (Å²) in [5.41, 5.74) is 5.59. The number of fused-ring (bicyclic) bond motifs is 1. The first kappa shape index (κ1) is 28.7. The highest BCUT2D eigenvalue weighted by Gasteiger charge is 2.39. The highest BCUT2D eigenvalue weighted by molar-refractivity contribution is 5.80. The Bertz CT molecular complexity index is 1640. The van der Waals surface area contributed by atoms with Crippen LogP contribution in [0, 0.1) is 5.82 Å². The summed E-state index contributed by atoms with van der Waals surface area (Å²) in [6.07, 6.45) is -4.81. The van der Waals surface area contributed by atoms with E-state index in [1.807, 2.05) is 0 Å². The number of alkyl halides is 6. The number of nitrogens with zero attached hydrogens (tertiary/aromatic N) is 4. The number of para-hydroxylation sites is 1. The molecule has 1 aliphatic rings. The lowest BCUT2D eigenvalue weighted by Crippen LogP contribution is -2.30. The number of hydrogen-bond acceptors (Lipinski definition) is 6. The molecule has 0 bridgehead atoms. The fourth-order valence-electron chi connectivity index (χ4n) is 4.58. The summed E-state index contributed by atoms with van der Waals surface area (Å²) in [5, 5.41) is 5.05. The second kappa shape index (κ2) is 10.9. The third-order valence-electron chi connectivity index (χ3n) is 6.60. The van der Waals surface area contributed by atoms with Gasteiger partial charge in [0.15, 0.2) is 5.82 Å². The van der Waals surface area contributed by atoms with Crippen molar-refractivity contribution < 1.29 is 40.1 Å². The number of halogens is 7. The smallest absolute Gasteiger partial charge is 0.368 e. The van der Waals surface area contributed by atoms with E-state index >= 15 is 0 Å². The Kier molecular flexibility index (Phi) is 7.43. The summed E-state index contributed by atoms with van der Waals surface area (Å²) >= 11 is 0. The molecule has 0 spiro atoms. The van der Waals surface area contributed by atoms with Gasteiger partial charge in [0.05, 0.1) is 28.8 Å². The maximum Gasteiger partial charge on any atom is 0.417 e. The average Bonchev–Trinajstić information content (AvgIpc) is 3.57. The SMILES string of the molecule is NC(=O)C(CCCc1cc(-c2ccc(C(F)(F)F)cc2C(F)(F)F)no1)n1cnc2c1C=CN(c1ccccc1F)N2. The van der Waals surface area contributed by atoms with Crippen LogP contribution in [0.15, 0.2) is 65.6 Å². The quantitative estimate of drug-likeness (QED) is 0.224. The van der Waals surface area contributed by atoms with Crippen molar-refractivity contribution in [2.45, 2.75) is 37.7 Å². The first-order valence-corrected chi connectivity index (χ1v) is 12.4. The Morgan fingerprint density at radius 3 is 2.50 bits per heavy atom. The normalized spacial score (nSPS) is 14.0. The van der Waals surface area contributed by atoms with Crippen LogP contribution in [0.5, 0.6) is 0 Å². The molecule has 0 radical (unpaired) electrons. The largest absolute Gasteiger partial charge is 0.417 e. The van der Waals surface area contributed by atoms with Crippen molar-refractivity contribution in [3.8, 4) is 11.3 Å². The van der Waals surface area contributed by atoms with Gasteiger partial charge >= 0.3 is 12.4 Å². The lowest BCUT2D eigenvalue weighted by molar-refractivity contribution is -0.142. The van der Waals surface area contributed by atoms with Gasteiger partial charge in [-0.2, -0.15) is 26.3 Å². The number of anilines is 2. The molecule has 0 fully saturated rings. The van der Waals surface area contributed by atoms with E-state index in [2.05, 4.69) is 15.6 Å². The lowest BCUT2D eigenvalue weighted by atomic mass is 10.00. The number of nitrogens with two attached hydrogens (primary N) is 1. The highest BCUT2D eigenvalue weighted by atomic mass is 19.4. The van der Waals surface area contributed by atoms with Gasteiger partial charge in [0.1, 0.15) is 23.3 Å². The zero-order valence-corrected chi connectivity index (χ0v) is 21.4. The van der Waals surface area contributed by atoms with Crippen molar-refractivity contribution in [3.05, 3.63) is 89.5 Å². The molecule has 4 aromatic rings. The number of aromatic nitrogens is 3. The number of hydrazine groups is 1. The maximum absolute atomic E-state index is 14.2. The Balaban J connectivity index is 1.29. The molecule has 1 aliphatic heterocycles. The molecule has 3 N–H and O–H groups in total. The van der Waals surface area contributed by atoms with Crippen LogP contribution in [-0.2, 0) is 23.6 Å². The molecule has 42 heavy (non-hydrogen) atoms. The van der Waals surface area contributed by atoms with Crippen LogP contribution in [0.3, 0.4) is 0 Å². The number of imidazole rings is 1. The monoisotopic (exact) mass is 594 g/mol. The van der Waals surface area contributed by atoms with E-state index in [-0.39, 0.29) is 42.5 Å². The van der Waals surface area contributed by atoms with Crippen LogP contribution in [0.1, 0.15) is 41.5 Å². The first-order chi connectivity index (χ1) is 19.8. The Labute approximate surface area is 233 Å². The minimum absolute atomic E-state index is 0.0336. The fourth-order valence-corrected chi connectivity index (χ4v) is 4.58. The minimum atomic E-state index is -5.07. The summed E-state index contributed by atoms with van der Waals surface area (Å²) in [6.45, 7) is 0. The lowest BCUT2D eigenvalue weighted by Gasteiger charge is -2.26. The Morgan fingerprint density at radius 2 is 1.81 bits per heavy atom. The fraction of sp³-hybridized carbons (Fsp3) is 0.222. The molecule has 2 aromatic carbocycles. The zero-order valence-electron chi connectivity index (χ0n) is 21.4. The van der Waals surface area contributed by atoms with Gasteiger partial charge in [0.2, 0.25) is 5.91 Å². The van der Waals surface area contributed by atoms with E-state index in [0.717, 1.165) is 0 Å². The molecular weight excluding hydrogens is 573 g/mol. The van der Waals surface area contributed by atoms with Gasteiger partial charge in [-0.25, -0.2) is 9.37 Å². The molecule has 1 unspecified atom stereocenters. The molecule has 15 heteroatoms. The number of rotatable bonds is 8. The number of benzene rings is 2. The molecule has 8 nitrogen and oxygen atoms in total. The third-order valence-corrected chi connectivity index (χ3v) is 6.60. The maximum atomic E-state index is 14.2. The predicted octanol–water partition coefficient (Wildman–Crippen LogP) is 6.58. The second-order valence-electron chi connectivity index (χ2n) is 9.38. The van der Waals surface area contributed by atoms with Crippen LogP contribution in [0.25, 0.3) is 17.3 Å². The van der Waals surface area contributed by atoms with Crippen LogP contribution >= 0.6 is 0 Å². The molecule has 0 saturated carbocycles. The van der Waals surface area contributed by atoms with Crippen molar-refractivity contribution >= 4 is 23.5 Å². The predicted molar refractivity (Wildman–Crippen MR) is 137 cm³/mol. The molecule has 220 valence electrons. The van der Waals surface area contributed by atoms with Crippen molar-refractivity contribution in [1.29, 1.82) is 0 Å². The summed E-state index contributed by atoms with van der Waals surface area (Å²) < 4.78 is 100. The minimum Gasteiger partial charge on any atom is -0.368 e. The number of carbonyl (C=O) groups is 1. The third kappa shape index (κ3) is 5.80. The zero-order chi connectivity index (χ0) is 30.2. The Morgan fingerprint density at radius 1 is 1.05 bits per heavy atom. The van der Waals surface area contributed by atoms with Gasteiger partial charge in [-0.1, -0.05) is 23.4 Å². The van der Waals surface area contributed by atoms with Gasteiger partial charge in [-0.3, -0.25) is 15.2 Å². The summed E-state index contributed by atoms with van der Waals surface area (Å²) in [5.74, 6) is -0.617. The van der Waals surface area contributed by atoms with Gasteiger partial charge in [-0.05, 0) is 43.2 Å². The summed E-state index contributed by atoms with van der Waals surface area (Å²) in [7, 11) is 0. The number of nitrogens with one attached hydrogen (secondary N) is 1. The topological polar surface area (TPSA) is 102 Å². The summed E-state index contributed by atoms with van der Waals surface area (Å²) in [6, 6.07) is 7.72. The molecular formula is C27H21F7N6O2. The number of primary amides is 1. The van der Waals surface area contributed by atoms with E-state index in [4.69, 9.17) is 10.3 Å². The number of amides is 1. The number of carbonyl (C=O) groups excluding carboxylic acids is 1. The Hall–Kier alpha value is -4.82.